The zero-order valence-corrected chi connectivity index (χ0v) is 14.8. The molecule has 2 amide bonds. The summed E-state index contributed by atoms with van der Waals surface area (Å²) in [7, 11) is 0. The number of hydrogen-bond acceptors (Lipinski definition) is 4. The van der Waals surface area contributed by atoms with Gasteiger partial charge in [-0.1, -0.05) is 36.2 Å². The molecule has 2 N–H and O–H groups in total. The predicted octanol–water partition coefficient (Wildman–Crippen LogP) is 2.15. The third kappa shape index (κ3) is 4.71. The number of hydrogen-bond donors (Lipinski definition) is 2. The molecule has 1 saturated heterocycles. The maximum Gasteiger partial charge on any atom is 0.309 e. The Kier molecular flexibility index (Phi) is 5.93. The molecule has 1 spiro atoms. The second kappa shape index (κ2) is 8.17. The largest absolute Gasteiger partial charge is 0.347 e. The maximum atomic E-state index is 11.9. The van der Waals surface area contributed by atoms with Gasteiger partial charge in [0.05, 0.1) is 6.61 Å². The van der Waals surface area contributed by atoms with E-state index in [2.05, 4.69) is 10.6 Å². The van der Waals surface area contributed by atoms with Crippen molar-refractivity contribution in [1.29, 1.82) is 0 Å². The van der Waals surface area contributed by atoms with Crippen LogP contribution in [0.25, 0.3) is 0 Å². The summed E-state index contributed by atoms with van der Waals surface area (Å²) >= 11 is 6.02. The van der Waals surface area contributed by atoms with Crippen molar-refractivity contribution in [2.24, 2.45) is 0 Å². The Balaban J connectivity index is 1.40. The van der Waals surface area contributed by atoms with Gasteiger partial charge in [-0.15, -0.1) is 0 Å². The first-order valence-corrected chi connectivity index (χ1v) is 9.07. The van der Waals surface area contributed by atoms with Gasteiger partial charge in [0, 0.05) is 31.0 Å². The lowest BCUT2D eigenvalue weighted by Crippen LogP contribution is -2.43. The minimum Gasteiger partial charge on any atom is -0.347 e. The molecule has 136 valence electrons. The Hall–Kier alpha value is -1.63. The minimum absolute atomic E-state index is 0.206. The Bertz CT molecular complexity index is 631. The topological polar surface area (TPSA) is 76.7 Å². The summed E-state index contributed by atoms with van der Waals surface area (Å²) in [6.45, 7) is 0.916. The van der Waals surface area contributed by atoms with Crippen LogP contribution in [-0.4, -0.2) is 36.9 Å². The zero-order valence-electron chi connectivity index (χ0n) is 14.1. The molecule has 2 aliphatic rings. The lowest BCUT2D eigenvalue weighted by Gasteiger charge is -2.31. The molecule has 7 heteroatoms. The van der Waals surface area contributed by atoms with Crippen LogP contribution in [0.2, 0.25) is 5.02 Å². The van der Waals surface area contributed by atoms with Crippen LogP contribution in [0.4, 0.5) is 0 Å². The molecular formula is C18H23ClN2O4. The highest BCUT2D eigenvalue weighted by molar-refractivity contribution is 6.35. The highest BCUT2D eigenvalue weighted by Gasteiger charge is 2.42. The zero-order chi connectivity index (χ0) is 17.7. The number of benzene rings is 1. The monoisotopic (exact) mass is 366 g/mol. The molecule has 0 aromatic heterocycles. The van der Waals surface area contributed by atoms with E-state index in [-0.39, 0.29) is 19.2 Å². The van der Waals surface area contributed by atoms with Crippen LogP contribution in [0.5, 0.6) is 0 Å². The summed E-state index contributed by atoms with van der Waals surface area (Å²) in [4.78, 5) is 23.8. The third-order valence-electron chi connectivity index (χ3n) is 4.62. The van der Waals surface area contributed by atoms with E-state index in [1.165, 1.54) is 6.42 Å². The van der Waals surface area contributed by atoms with Gasteiger partial charge in [-0.05, 0) is 24.5 Å². The molecule has 25 heavy (non-hydrogen) atoms. The van der Waals surface area contributed by atoms with Gasteiger partial charge in [0.25, 0.3) is 0 Å². The molecule has 1 saturated carbocycles. The van der Waals surface area contributed by atoms with Crippen molar-refractivity contribution in [3.8, 4) is 0 Å². The van der Waals surface area contributed by atoms with Crippen LogP contribution >= 0.6 is 11.6 Å². The molecule has 1 aliphatic carbocycles. The van der Waals surface area contributed by atoms with E-state index in [0.29, 0.717) is 11.6 Å². The smallest absolute Gasteiger partial charge is 0.309 e. The fraction of sp³-hybridized carbons (Fsp3) is 0.556. The van der Waals surface area contributed by atoms with Crippen molar-refractivity contribution in [3.63, 3.8) is 0 Å². The molecule has 1 aromatic rings. The van der Waals surface area contributed by atoms with Gasteiger partial charge in [0.2, 0.25) is 0 Å². The van der Waals surface area contributed by atoms with Gasteiger partial charge in [-0.25, -0.2) is 0 Å². The number of carbonyl (C=O) groups is 2. The molecule has 6 nitrogen and oxygen atoms in total. The lowest BCUT2D eigenvalue weighted by atomic mass is 9.94. The molecule has 0 unspecified atom stereocenters. The Labute approximate surface area is 152 Å². The van der Waals surface area contributed by atoms with E-state index in [0.717, 1.165) is 31.2 Å². The first kappa shape index (κ1) is 18.2. The van der Waals surface area contributed by atoms with Gasteiger partial charge in [-0.2, -0.15) is 0 Å². The summed E-state index contributed by atoms with van der Waals surface area (Å²) in [6.07, 6.45) is 5.00. The molecule has 1 atom stereocenters. The van der Waals surface area contributed by atoms with Crippen LogP contribution in [0, 0.1) is 0 Å². The fourth-order valence-corrected chi connectivity index (χ4v) is 3.46. The van der Waals surface area contributed by atoms with Gasteiger partial charge >= 0.3 is 11.8 Å². The van der Waals surface area contributed by atoms with E-state index in [4.69, 9.17) is 21.1 Å². The average molecular weight is 367 g/mol. The average Bonchev–Trinajstić information content (AvgIpc) is 3.01. The Morgan fingerprint density at radius 1 is 1.12 bits per heavy atom. The number of nitrogens with one attached hydrogen (secondary N) is 2. The van der Waals surface area contributed by atoms with Crippen LogP contribution < -0.4 is 10.6 Å². The maximum absolute atomic E-state index is 11.9. The van der Waals surface area contributed by atoms with Gasteiger partial charge in [-0.3, -0.25) is 9.59 Å². The Morgan fingerprint density at radius 3 is 2.60 bits per heavy atom. The van der Waals surface area contributed by atoms with Crippen LogP contribution in [0.15, 0.2) is 24.3 Å². The first-order chi connectivity index (χ1) is 12.1. The van der Waals surface area contributed by atoms with E-state index in [1.54, 1.807) is 12.1 Å². The molecule has 2 fully saturated rings. The van der Waals surface area contributed by atoms with Crippen molar-refractivity contribution in [1.82, 2.24) is 10.6 Å². The van der Waals surface area contributed by atoms with Crippen molar-refractivity contribution in [2.45, 2.75) is 50.5 Å². The van der Waals surface area contributed by atoms with Gasteiger partial charge in [0.1, 0.15) is 6.10 Å². The number of halogens is 1. The first-order valence-electron chi connectivity index (χ1n) is 8.69. The Morgan fingerprint density at radius 2 is 1.84 bits per heavy atom. The van der Waals surface area contributed by atoms with Crippen LogP contribution in [0.1, 0.15) is 37.7 Å². The third-order valence-corrected chi connectivity index (χ3v) is 4.99. The molecule has 1 aliphatic heterocycles. The van der Waals surface area contributed by atoms with Gasteiger partial charge < -0.3 is 20.1 Å². The van der Waals surface area contributed by atoms with E-state index in [1.807, 2.05) is 12.1 Å². The molecule has 3 rings (SSSR count). The van der Waals surface area contributed by atoms with E-state index < -0.39 is 17.6 Å². The van der Waals surface area contributed by atoms with Crippen LogP contribution in [-0.2, 0) is 25.6 Å². The summed E-state index contributed by atoms with van der Waals surface area (Å²) < 4.78 is 11.8. The van der Waals surface area contributed by atoms with Crippen molar-refractivity contribution in [2.75, 3.05) is 13.2 Å². The fourth-order valence-electron chi connectivity index (χ4n) is 3.25. The molecule has 0 radical (unpaired) electrons. The highest BCUT2D eigenvalue weighted by Crippen LogP contribution is 2.37. The molecule has 0 bridgehead atoms. The van der Waals surface area contributed by atoms with E-state index in [9.17, 15) is 9.59 Å². The molecule has 1 aromatic carbocycles. The van der Waals surface area contributed by atoms with E-state index >= 15 is 0 Å². The second-order valence-electron chi connectivity index (χ2n) is 6.51. The van der Waals surface area contributed by atoms with Crippen molar-refractivity contribution < 1.29 is 19.1 Å². The summed E-state index contributed by atoms with van der Waals surface area (Å²) in [5.41, 5.74) is 0.761. The quantitative estimate of drug-likeness (QED) is 0.800. The second-order valence-corrected chi connectivity index (χ2v) is 6.91. The SMILES string of the molecule is O=C(NCc1ccccc1Cl)C(=O)NC[C@H]1COC2(CCCCC2)O1. The summed E-state index contributed by atoms with van der Waals surface area (Å²) in [6, 6.07) is 7.17. The summed E-state index contributed by atoms with van der Waals surface area (Å²) in [5, 5.41) is 5.73. The summed E-state index contributed by atoms with van der Waals surface area (Å²) in [5.74, 6) is -1.84. The normalized spacial score (nSPS) is 21.9. The van der Waals surface area contributed by atoms with Crippen molar-refractivity contribution >= 4 is 23.4 Å². The number of ether oxygens (including phenoxy) is 2. The standard InChI is InChI=1S/C18H23ClN2O4/c19-15-7-3-2-6-13(15)10-20-16(22)17(23)21-11-14-12-24-18(25-14)8-4-1-5-9-18/h2-3,6-7,14H,1,4-5,8-12H2,(H,20,22)(H,21,23)/t14-/m0/s1. The molecular weight excluding hydrogens is 344 g/mol. The predicted molar refractivity (Wildman–Crippen MR) is 92.9 cm³/mol. The number of carbonyl (C=O) groups excluding carboxylic acids is 2. The minimum atomic E-state index is -0.689. The van der Waals surface area contributed by atoms with Crippen molar-refractivity contribution in [3.05, 3.63) is 34.9 Å². The van der Waals surface area contributed by atoms with Gasteiger partial charge in [0.15, 0.2) is 5.79 Å². The lowest BCUT2D eigenvalue weighted by molar-refractivity contribution is -0.186. The molecule has 1 heterocycles. The van der Waals surface area contributed by atoms with Crippen LogP contribution in [0.3, 0.4) is 0 Å². The number of amides is 2. The number of rotatable bonds is 4. The highest BCUT2D eigenvalue weighted by atomic mass is 35.5.